The van der Waals surface area contributed by atoms with Gasteiger partial charge in [0, 0.05) is 18.0 Å². The first-order valence-electron chi connectivity index (χ1n) is 10.5. The fourth-order valence-electron chi connectivity index (χ4n) is 2.82. The third-order valence-corrected chi connectivity index (χ3v) is 5.75. The maximum absolute atomic E-state index is 12.6. The summed E-state index contributed by atoms with van der Waals surface area (Å²) in [5.41, 5.74) is 1.19. The average molecular weight is 498 g/mol. The van der Waals surface area contributed by atoms with E-state index in [9.17, 15) is 22.8 Å². The standard InChI is InChI=1S/C24H23N3O7S/c1-16(2)33-24(30)34-22-13-8-18(15-25-22)23(29)27-35(31,32)20-11-9-19(10-12-20)26-21(28)14-17-6-4-3-5-7-17/h3-13,15-16H,14H2,1-2H3,(H,26,28)(H,27,29). The molecule has 2 N–H and O–H groups in total. The summed E-state index contributed by atoms with van der Waals surface area (Å²) in [6.45, 7) is 3.30. The molecule has 0 saturated heterocycles. The third-order valence-electron chi connectivity index (χ3n) is 4.40. The molecule has 1 aromatic heterocycles. The van der Waals surface area contributed by atoms with E-state index in [1.54, 1.807) is 13.8 Å². The number of aromatic nitrogens is 1. The number of carbonyl (C=O) groups excluding carboxylic acids is 3. The van der Waals surface area contributed by atoms with Gasteiger partial charge in [-0.3, -0.25) is 9.59 Å². The topological polar surface area (TPSA) is 141 Å². The van der Waals surface area contributed by atoms with Crippen molar-refractivity contribution in [1.82, 2.24) is 9.71 Å². The molecule has 11 heteroatoms. The molecule has 0 bridgehead atoms. The lowest BCUT2D eigenvalue weighted by Crippen LogP contribution is -2.30. The van der Waals surface area contributed by atoms with Crippen molar-refractivity contribution in [2.24, 2.45) is 0 Å². The molecule has 0 aliphatic heterocycles. The van der Waals surface area contributed by atoms with Crippen LogP contribution in [0.1, 0.15) is 29.8 Å². The van der Waals surface area contributed by atoms with Crippen LogP contribution in [-0.4, -0.2) is 37.5 Å². The smallest absolute Gasteiger partial charge is 0.431 e. The quantitative estimate of drug-likeness (QED) is 0.452. The summed E-state index contributed by atoms with van der Waals surface area (Å²) in [4.78, 5) is 39.7. The largest absolute Gasteiger partial charge is 0.515 e. The van der Waals surface area contributed by atoms with Crippen molar-refractivity contribution in [2.75, 3.05) is 5.32 Å². The first-order chi connectivity index (χ1) is 16.6. The molecule has 0 saturated carbocycles. The van der Waals surface area contributed by atoms with Gasteiger partial charge in [0.15, 0.2) is 0 Å². The highest BCUT2D eigenvalue weighted by Gasteiger charge is 2.20. The van der Waals surface area contributed by atoms with E-state index in [0.717, 1.165) is 11.8 Å². The Morgan fingerprint density at radius 2 is 1.63 bits per heavy atom. The molecule has 35 heavy (non-hydrogen) atoms. The van der Waals surface area contributed by atoms with Crippen LogP contribution in [0.25, 0.3) is 0 Å². The summed E-state index contributed by atoms with van der Waals surface area (Å²) in [7, 11) is -4.19. The van der Waals surface area contributed by atoms with E-state index >= 15 is 0 Å². The molecule has 2 amide bonds. The van der Waals surface area contributed by atoms with Crippen LogP contribution in [0.3, 0.4) is 0 Å². The second kappa shape index (κ2) is 11.3. The molecule has 0 unspecified atom stereocenters. The zero-order valence-corrected chi connectivity index (χ0v) is 19.7. The van der Waals surface area contributed by atoms with Gasteiger partial charge in [0.25, 0.3) is 15.9 Å². The minimum absolute atomic E-state index is 0.0667. The van der Waals surface area contributed by atoms with Crippen LogP contribution in [0, 0.1) is 0 Å². The van der Waals surface area contributed by atoms with Gasteiger partial charge in [-0.25, -0.2) is 22.9 Å². The molecule has 0 radical (unpaired) electrons. The number of benzene rings is 2. The van der Waals surface area contributed by atoms with Gasteiger partial charge >= 0.3 is 6.16 Å². The second-order valence-electron chi connectivity index (χ2n) is 7.57. The highest BCUT2D eigenvalue weighted by Crippen LogP contribution is 2.16. The molecule has 0 atom stereocenters. The number of hydrogen-bond acceptors (Lipinski definition) is 8. The van der Waals surface area contributed by atoms with Crippen LogP contribution in [0.4, 0.5) is 10.5 Å². The number of amides is 2. The fraction of sp³-hybridized carbons (Fsp3) is 0.167. The Morgan fingerprint density at radius 3 is 2.23 bits per heavy atom. The normalized spacial score (nSPS) is 10.9. The van der Waals surface area contributed by atoms with Crippen LogP contribution in [0.5, 0.6) is 5.88 Å². The highest BCUT2D eigenvalue weighted by atomic mass is 32.2. The molecule has 10 nitrogen and oxygen atoms in total. The van der Waals surface area contributed by atoms with Crippen molar-refractivity contribution < 1.29 is 32.3 Å². The molecule has 3 rings (SSSR count). The van der Waals surface area contributed by atoms with Gasteiger partial charge in [-0.1, -0.05) is 30.3 Å². The molecule has 3 aromatic rings. The molecular weight excluding hydrogens is 474 g/mol. The Labute approximate surface area is 202 Å². The van der Waals surface area contributed by atoms with Crippen LogP contribution in [0.15, 0.2) is 77.8 Å². The molecule has 0 aliphatic carbocycles. The van der Waals surface area contributed by atoms with E-state index in [1.807, 2.05) is 35.1 Å². The lowest BCUT2D eigenvalue weighted by atomic mass is 10.1. The Kier molecular flexibility index (Phi) is 8.16. The van der Waals surface area contributed by atoms with Crippen molar-refractivity contribution in [3.05, 3.63) is 84.1 Å². The van der Waals surface area contributed by atoms with E-state index in [2.05, 4.69) is 10.3 Å². The predicted octanol–water partition coefficient (Wildman–Crippen LogP) is 3.31. The summed E-state index contributed by atoms with van der Waals surface area (Å²) >= 11 is 0. The highest BCUT2D eigenvalue weighted by molar-refractivity contribution is 7.90. The van der Waals surface area contributed by atoms with Gasteiger partial charge in [-0.2, -0.15) is 0 Å². The van der Waals surface area contributed by atoms with Crippen LogP contribution in [-0.2, 0) is 26.0 Å². The van der Waals surface area contributed by atoms with Crippen molar-refractivity contribution in [3.63, 3.8) is 0 Å². The van der Waals surface area contributed by atoms with E-state index in [1.165, 1.54) is 36.4 Å². The van der Waals surface area contributed by atoms with Crippen LogP contribution < -0.4 is 14.8 Å². The van der Waals surface area contributed by atoms with E-state index < -0.39 is 22.1 Å². The first-order valence-corrected chi connectivity index (χ1v) is 12.0. The average Bonchev–Trinajstić information content (AvgIpc) is 2.79. The number of hydrogen-bond donors (Lipinski definition) is 2. The van der Waals surface area contributed by atoms with Gasteiger partial charge in [0.2, 0.25) is 11.8 Å². The summed E-state index contributed by atoms with van der Waals surface area (Å²) in [6, 6.07) is 17.0. The van der Waals surface area contributed by atoms with E-state index in [4.69, 9.17) is 9.47 Å². The Hall–Kier alpha value is -4.25. The summed E-state index contributed by atoms with van der Waals surface area (Å²) in [5.74, 6) is -1.29. The number of carbonyl (C=O) groups is 3. The second-order valence-corrected chi connectivity index (χ2v) is 9.26. The Morgan fingerprint density at radius 1 is 0.943 bits per heavy atom. The number of ether oxygens (including phenoxy) is 2. The molecule has 0 fully saturated rings. The minimum atomic E-state index is -4.19. The predicted molar refractivity (Wildman–Crippen MR) is 126 cm³/mol. The van der Waals surface area contributed by atoms with Crippen LogP contribution >= 0.6 is 0 Å². The van der Waals surface area contributed by atoms with Crippen molar-refractivity contribution in [3.8, 4) is 5.88 Å². The van der Waals surface area contributed by atoms with Gasteiger partial charge in [0.05, 0.1) is 23.0 Å². The van der Waals surface area contributed by atoms with Crippen LogP contribution in [0.2, 0.25) is 0 Å². The number of nitrogens with zero attached hydrogens (tertiary/aromatic N) is 1. The maximum atomic E-state index is 12.6. The zero-order valence-electron chi connectivity index (χ0n) is 18.9. The number of pyridine rings is 1. The van der Waals surface area contributed by atoms with Gasteiger partial charge < -0.3 is 14.8 Å². The molecular formula is C24H23N3O7S. The van der Waals surface area contributed by atoms with Crippen molar-refractivity contribution in [2.45, 2.75) is 31.3 Å². The van der Waals surface area contributed by atoms with Crippen molar-refractivity contribution in [1.29, 1.82) is 0 Å². The maximum Gasteiger partial charge on any atom is 0.515 e. The molecule has 182 valence electrons. The fourth-order valence-corrected chi connectivity index (χ4v) is 3.79. The monoisotopic (exact) mass is 497 g/mol. The molecule has 0 aliphatic rings. The van der Waals surface area contributed by atoms with Gasteiger partial charge in [-0.15, -0.1) is 0 Å². The Bertz CT molecular complexity index is 1290. The third kappa shape index (κ3) is 7.64. The van der Waals surface area contributed by atoms with Gasteiger partial charge in [-0.05, 0) is 49.7 Å². The molecule has 0 spiro atoms. The summed E-state index contributed by atoms with van der Waals surface area (Å²) in [5, 5.41) is 2.69. The van der Waals surface area contributed by atoms with E-state index in [0.29, 0.717) is 5.69 Å². The lowest BCUT2D eigenvalue weighted by molar-refractivity contribution is -0.115. The SMILES string of the molecule is CC(C)OC(=O)Oc1ccc(C(=O)NS(=O)(=O)c2ccc(NC(=O)Cc3ccccc3)cc2)cn1. The number of sulfonamides is 1. The minimum Gasteiger partial charge on any atom is -0.431 e. The lowest BCUT2D eigenvalue weighted by Gasteiger charge is -2.10. The van der Waals surface area contributed by atoms with Crippen molar-refractivity contribution >= 4 is 33.7 Å². The zero-order chi connectivity index (χ0) is 25.4. The summed E-state index contributed by atoms with van der Waals surface area (Å²) < 4.78 is 36.8. The van der Waals surface area contributed by atoms with E-state index in [-0.39, 0.29) is 34.8 Å². The summed E-state index contributed by atoms with van der Waals surface area (Å²) in [6.07, 6.45) is -0.0913. The molecule has 2 aromatic carbocycles. The number of nitrogens with one attached hydrogen (secondary N) is 2. The Balaban J connectivity index is 1.58. The first kappa shape index (κ1) is 25.4. The number of rotatable bonds is 8. The molecule has 1 heterocycles. The van der Waals surface area contributed by atoms with Gasteiger partial charge in [0.1, 0.15) is 0 Å². The number of anilines is 1.